The molecule has 0 unspecified atom stereocenters. The van der Waals surface area contributed by atoms with Gasteiger partial charge in [-0.05, 0) is 66.5 Å². The number of aryl methyl sites for hydroxylation is 1. The van der Waals surface area contributed by atoms with E-state index in [1.807, 2.05) is 37.3 Å². The van der Waals surface area contributed by atoms with Crippen molar-refractivity contribution in [3.8, 4) is 11.1 Å². The van der Waals surface area contributed by atoms with Crippen LogP contribution in [0, 0.1) is 12.8 Å². The third-order valence-corrected chi connectivity index (χ3v) is 5.54. The number of ether oxygens (including phenoxy) is 1. The number of nitrogens with zero attached hydrogens (tertiary/aromatic N) is 1. The van der Waals surface area contributed by atoms with Crippen molar-refractivity contribution < 1.29 is 14.3 Å². The zero-order valence-electron chi connectivity index (χ0n) is 17.4. The molecule has 1 heterocycles. The molecule has 30 heavy (non-hydrogen) atoms. The van der Waals surface area contributed by atoms with Gasteiger partial charge in [0.25, 0.3) is 0 Å². The number of fused-ring (bicyclic) bond motifs is 1. The molecule has 1 N–H and O–H groups in total. The number of carbonyl (C=O) groups excluding carboxylic acids is 2. The highest BCUT2D eigenvalue weighted by Gasteiger charge is 2.29. The maximum atomic E-state index is 12.5. The quantitative estimate of drug-likeness (QED) is 0.417. The number of pyridine rings is 1. The summed E-state index contributed by atoms with van der Waals surface area (Å²) in [5.74, 6) is 0.928. The van der Waals surface area contributed by atoms with Crippen molar-refractivity contribution in [2.75, 3.05) is 19.0 Å². The van der Waals surface area contributed by atoms with Crippen molar-refractivity contribution in [2.45, 2.75) is 32.6 Å². The average molecular weight is 402 g/mol. The zero-order chi connectivity index (χ0) is 21.1. The predicted molar refractivity (Wildman–Crippen MR) is 119 cm³/mol. The van der Waals surface area contributed by atoms with Crippen molar-refractivity contribution in [3.63, 3.8) is 0 Å². The summed E-state index contributed by atoms with van der Waals surface area (Å²) in [5.41, 5.74) is 3.93. The van der Waals surface area contributed by atoms with Gasteiger partial charge in [0.2, 0.25) is 5.91 Å². The maximum absolute atomic E-state index is 12.5. The summed E-state index contributed by atoms with van der Waals surface area (Å²) in [7, 11) is 1.65. The van der Waals surface area contributed by atoms with E-state index in [0.29, 0.717) is 18.8 Å². The van der Waals surface area contributed by atoms with Crippen LogP contribution in [0.2, 0.25) is 0 Å². The van der Waals surface area contributed by atoms with Crippen molar-refractivity contribution >= 4 is 28.3 Å². The second-order valence-corrected chi connectivity index (χ2v) is 7.94. The van der Waals surface area contributed by atoms with Crippen molar-refractivity contribution in [1.29, 1.82) is 0 Å². The molecule has 1 fully saturated rings. The normalized spacial score (nSPS) is 13.4. The van der Waals surface area contributed by atoms with Crippen LogP contribution in [0.25, 0.3) is 21.9 Å². The van der Waals surface area contributed by atoms with Crippen molar-refractivity contribution in [3.05, 3.63) is 59.8 Å². The highest BCUT2D eigenvalue weighted by Crippen LogP contribution is 2.31. The van der Waals surface area contributed by atoms with Crippen LogP contribution in [-0.4, -0.2) is 30.4 Å². The fourth-order valence-electron chi connectivity index (χ4n) is 3.58. The Morgan fingerprint density at radius 1 is 1.10 bits per heavy atom. The molecular weight excluding hydrogens is 376 g/mol. The van der Waals surface area contributed by atoms with Crippen LogP contribution < -0.4 is 5.32 Å². The summed E-state index contributed by atoms with van der Waals surface area (Å²) in [6.07, 6.45) is 4.93. The Hall–Kier alpha value is -3.05. The fourth-order valence-corrected chi connectivity index (χ4v) is 3.58. The van der Waals surface area contributed by atoms with E-state index in [1.54, 1.807) is 13.3 Å². The molecule has 1 aliphatic carbocycles. The lowest BCUT2D eigenvalue weighted by Crippen LogP contribution is -2.14. The molecule has 1 aromatic heterocycles. The molecule has 2 aromatic carbocycles. The van der Waals surface area contributed by atoms with Gasteiger partial charge in [0.1, 0.15) is 5.82 Å². The maximum Gasteiger partial charge on any atom is 0.228 e. The summed E-state index contributed by atoms with van der Waals surface area (Å²) in [6, 6.07) is 13.9. The Morgan fingerprint density at radius 2 is 1.93 bits per heavy atom. The van der Waals surface area contributed by atoms with Crippen LogP contribution >= 0.6 is 0 Å². The van der Waals surface area contributed by atoms with Crippen LogP contribution in [0.15, 0.2) is 48.7 Å². The molecule has 0 aliphatic heterocycles. The predicted octanol–water partition coefficient (Wildman–Crippen LogP) is 5.17. The molecule has 0 saturated heterocycles. The third kappa shape index (κ3) is 4.57. The topological polar surface area (TPSA) is 68.3 Å². The minimum atomic E-state index is 0.0566. The SMILES string of the molecule is COCCCC(=O)c1ccc(C)c(-c2ccc3cc(NC(=O)C4CC4)ncc3c2)c1. The number of rotatable bonds is 8. The Kier molecular flexibility index (Phi) is 5.91. The Morgan fingerprint density at radius 3 is 2.70 bits per heavy atom. The van der Waals surface area contributed by atoms with E-state index in [2.05, 4.69) is 22.4 Å². The highest BCUT2D eigenvalue weighted by molar-refractivity contribution is 5.98. The fraction of sp³-hybridized carbons (Fsp3) is 0.320. The first-order valence-electron chi connectivity index (χ1n) is 10.4. The number of hydrogen-bond donors (Lipinski definition) is 1. The van der Waals surface area contributed by atoms with E-state index in [9.17, 15) is 9.59 Å². The monoisotopic (exact) mass is 402 g/mol. The Labute approximate surface area is 176 Å². The van der Waals surface area contributed by atoms with Gasteiger partial charge in [-0.3, -0.25) is 9.59 Å². The van der Waals surface area contributed by atoms with Crippen LogP contribution in [0.5, 0.6) is 0 Å². The molecule has 3 aromatic rings. The van der Waals surface area contributed by atoms with Gasteiger partial charge in [-0.25, -0.2) is 4.98 Å². The zero-order valence-corrected chi connectivity index (χ0v) is 17.4. The molecule has 1 aliphatic rings. The first-order chi connectivity index (χ1) is 14.5. The average Bonchev–Trinajstić information content (AvgIpc) is 3.59. The lowest BCUT2D eigenvalue weighted by Gasteiger charge is -2.11. The standard InChI is InChI=1S/C25H26N2O3/c1-16-5-6-20(23(28)4-3-11-30-2)13-22(16)19-10-9-18-14-24(26-15-21(18)12-19)27-25(29)17-7-8-17/h5-6,9-10,12-15,17H,3-4,7-8,11H2,1-2H3,(H,26,27,29). The Balaban J connectivity index is 1.58. The smallest absolute Gasteiger partial charge is 0.228 e. The van der Waals surface area contributed by atoms with Crippen molar-refractivity contribution in [1.82, 2.24) is 4.98 Å². The number of anilines is 1. The molecule has 0 atom stereocenters. The first-order valence-corrected chi connectivity index (χ1v) is 10.4. The number of aromatic nitrogens is 1. The number of Topliss-reactive ketones (excluding diaryl/α,β-unsaturated/α-hetero) is 1. The van der Waals surface area contributed by atoms with Crippen LogP contribution in [-0.2, 0) is 9.53 Å². The number of carbonyl (C=O) groups is 2. The number of nitrogens with one attached hydrogen (secondary N) is 1. The van der Waals surface area contributed by atoms with E-state index < -0.39 is 0 Å². The van der Waals surface area contributed by atoms with Crippen LogP contribution in [0.4, 0.5) is 5.82 Å². The molecular formula is C25H26N2O3. The van der Waals surface area contributed by atoms with Gasteiger partial charge in [0.05, 0.1) is 0 Å². The summed E-state index contributed by atoms with van der Waals surface area (Å²) in [4.78, 5) is 28.9. The summed E-state index contributed by atoms with van der Waals surface area (Å²) >= 11 is 0. The van der Waals surface area contributed by atoms with Gasteiger partial charge in [-0.15, -0.1) is 0 Å². The lowest BCUT2D eigenvalue weighted by atomic mass is 9.94. The highest BCUT2D eigenvalue weighted by atomic mass is 16.5. The van der Waals surface area contributed by atoms with Gasteiger partial charge in [-0.1, -0.05) is 24.3 Å². The molecule has 0 bridgehead atoms. The van der Waals surface area contributed by atoms with Gasteiger partial charge < -0.3 is 10.1 Å². The van der Waals surface area contributed by atoms with Crippen LogP contribution in [0.1, 0.15) is 41.6 Å². The molecule has 4 rings (SSSR count). The third-order valence-electron chi connectivity index (χ3n) is 5.54. The van der Waals surface area contributed by atoms with E-state index in [4.69, 9.17) is 4.74 Å². The van der Waals surface area contributed by atoms with E-state index in [-0.39, 0.29) is 17.6 Å². The molecule has 5 heteroatoms. The second-order valence-electron chi connectivity index (χ2n) is 7.94. The summed E-state index contributed by atoms with van der Waals surface area (Å²) in [6.45, 7) is 2.64. The second kappa shape index (κ2) is 8.76. The number of hydrogen-bond acceptors (Lipinski definition) is 4. The van der Waals surface area contributed by atoms with Gasteiger partial charge >= 0.3 is 0 Å². The van der Waals surface area contributed by atoms with E-state index >= 15 is 0 Å². The molecule has 154 valence electrons. The van der Waals surface area contributed by atoms with Gasteiger partial charge in [0.15, 0.2) is 5.78 Å². The summed E-state index contributed by atoms with van der Waals surface area (Å²) < 4.78 is 5.04. The van der Waals surface area contributed by atoms with Gasteiger partial charge in [0, 0.05) is 43.2 Å². The van der Waals surface area contributed by atoms with E-state index in [0.717, 1.165) is 52.3 Å². The first kappa shape index (κ1) is 20.2. The Bertz CT molecular complexity index is 1100. The number of ketones is 1. The molecule has 5 nitrogen and oxygen atoms in total. The van der Waals surface area contributed by atoms with Crippen LogP contribution in [0.3, 0.4) is 0 Å². The number of amides is 1. The lowest BCUT2D eigenvalue weighted by molar-refractivity contribution is -0.117. The molecule has 0 spiro atoms. The molecule has 0 radical (unpaired) electrons. The van der Waals surface area contributed by atoms with Crippen molar-refractivity contribution in [2.24, 2.45) is 5.92 Å². The minimum absolute atomic E-state index is 0.0566. The van der Waals surface area contributed by atoms with Gasteiger partial charge in [-0.2, -0.15) is 0 Å². The largest absolute Gasteiger partial charge is 0.385 e. The molecule has 1 saturated carbocycles. The summed E-state index contributed by atoms with van der Waals surface area (Å²) in [5, 5.41) is 4.91. The van der Waals surface area contributed by atoms with E-state index in [1.165, 1.54) is 0 Å². The minimum Gasteiger partial charge on any atom is -0.385 e. The number of benzene rings is 2. The number of methoxy groups -OCH3 is 1. The molecule has 1 amide bonds.